The summed E-state index contributed by atoms with van der Waals surface area (Å²) in [7, 11) is -0.718. The van der Waals surface area contributed by atoms with Gasteiger partial charge in [0.05, 0.1) is 26.1 Å². The van der Waals surface area contributed by atoms with Crippen LogP contribution in [0, 0.1) is 0 Å². The van der Waals surface area contributed by atoms with Gasteiger partial charge in [-0.15, -0.1) is 11.3 Å². The standard InChI is InChI=1S/C24H34O6SSi/c1-23(2,3)32(5,6)30-19(12-10-18-8-7-15-31-18)17-9-11-20-21(16-17)29-24(26,28-20)14-13-22(25)27-4/h7-9,11,15-16,19,26H,10,12-14H2,1-6H3. The van der Waals surface area contributed by atoms with E-state index in [4.69, 9.17) is 13.9 Å². The Hall–Kier alpha value is -1.87. The highest BCUT2D eigenvalue weighted by atomic mass is 32.1. The molecule has 176 valence electrons. The Balaban J connectivity index is 1.80. The summed E-state index contributed by atoms with van der Waals surface area (Å²) in [6, 6.07) is 9.88. The van der Waals surface area contributed by atoms with Crippen LogP contribution in [0.15, 0.2) is 35.7 Å². The molecular weight excluding hydrogens is 444 g/mol. The summed E-state index contributed by atoms with van der Waals surface area (Å²) in [5.41, 5.74) is 0.992. The van der Waals surface area contributed by atoms with E-state index in [1.54, 1.807) is 17.4 Å². The van der Waals surface area contributed by atoms with Crippen molar-refractivity contribution in [2.75, 3.05) is 7.11 Å². The lowest BCUT2D eigenvalue weighted by Gasteiger charge is -2.39. The van der Waals surface area contributed by atoms with E-state index in [-0.39, 0.29) is 24.0 Å². The molecule has 32 heavy (non-hydrogen) atoms. The van der Waals surface area contributed by atoms with Gasteiger partial charge in [-0.2, -0.15) is 0 Å². The average molecular weight is 479 g/mol. The highest BCUT2D eigenvalue weighted by molar-refractivity contribution is 7.09. The number of carbonyl (C=O) groups excluding carboxylic acids is 1. The molecule has 1 aromatic carbocycles. The summed E-state index contributed by atoms with van der Waals surface area (Å²) < 4.78 is 22.8. The Kier molecular flexibility index (Phi) is 7.39. The molecule has 0 saturated heterocycles. The van der Waals surface area contributed by atoms with E-state index >= 15 is 0 Å². The van der Waals surface area contributed by atoms with E-state index in [2.05, 4.69) is 56.1 Å². The number of methoxy groups -OCH3 is 1. The van der Waals surface area contributed by atoms with Crippen LogP contribution in [0.4, 0.5) is 0 Å². The fourth-order valence-corrected chi connectivity index (χ4v) is 5.32. The molecule has 8 heteroatoms. The maximum absolute atomic E-state index is 11.5. The van der Waals surface area contributed by atoms with Crippen LogP contribution in [0.3, 0.4) is 0 Å². The minimum Gasteiger partial charge on any atom is -0.469 e. The molecule has 1 aliphatic heterocycles. The molecule has 1 N–H and O–H groups in total. The lowest BCUT2D eigenvalue weighted by Crippen LogP contribution is -2.42. The number of thiophene rings is 1. The van der Waals surface area contributed by atoms with E-state index < -0.39 is 20.3 Å². The van der Waals surface area contributed by atoms with Crippen LogP contribution in [0.25, 0.3) is 0 Å². The molecule has 2 heterocycles. The van der Waals surface area contributed by atoms with Crippen LogP contribution in [-0.4, -0.2) is 32.5 Å². The van der Waals surface area contributed by atoms with Crippen molar-refractivity contribution in [2.24, 2.45) is 0 Å². The smallest absolute Gasteiger partial charge is 0.369 e. The predicted octanol–water partition coefficient (Wildman–Crippen LogP) is 5.81. The maximum Gasteiger partial charge on any atom is 0.369 e. The first kappa shape index (κ1) is 24.8. The molecular formula is C24H34O6SSi. The number of esters is 1. The number of aryl methyl sites for hydroxylation is 1. The first-order valence-corrected chi connectivity index (χ1v) is 14.7. The van der Waals surface area contributed by atoms with Gasteiger partial charge in [0.1, 0.15) is 0 Å². The molecule has 0 saturated carbocycles. The first-order valence-electron chi connectivity index (χ1n) is 10.9. The molecule has 0 spiro atoms. The van der Waals surface area contributed by atoms with Gasteiger partial charge in [0, 0.05) is 4.88 Å². The van der Waals surface area contributed by atoms with Gasteiger partial charge in [0.15, 0.2) is 19.8 Å². The number of fused-ring (bicyclic) bond motifs is 1. The molecule has 2 atom stereocenters. The first-order chi connectivity index (χ1) is 14.9. The monoisotopic (exact) mass is 478 g/mol. The number of rotatable bonds is 9. The number of hydrogen-bond acceptors (Lipinski definition) is 7. The Morgan fingerprint density at radius 1 is 1.22 bits per heavy atom. The van der Waals surface area contributed by atoms with Crippen LogP contribution in [-0.2, 0) is 20.4 Å². The van der Waals surface area contributed by atoms with E-state index in [1.165, 1.54) is 12.0 Å². The van der Waals surface area contributed by atoms with Crippen molar-refractivity contribution < 1.29 is 28.5 Å². The van der Waals surface area contributed by atoms with Crippen LogP contribution in [0.1, 0.15) is 56.6 Å². The molecule has 0 amide bonds. The summed E-state index contributed by atoms with van der Waals surface area (Å²) in [5, 5.41) is 12.8. The topological polar surface area (TPSA) is 74.2 Å². The minimum atomic E-state index is -2.03. The third-order valence-electron chi connectivity index (χ3n) is 6.23. The van der Waals surface area contributed by atoms with E-state index in [0.717, 1.165) is 18.4 Å². The second kappa shape index (κ2) is 9.55. The largest absolute Gasteiger partial charge is 0.469 e. The van der Waals surface area contributed by atoms with Crippen molar-refractivity contribution in [3.8, 4) is 11.5 Å². The Labute approximate surface area is 195 Å². The van der Waals surface area contributed by atoms with E-state index in [0.29, 0.717) is 11.5 Å². The fraction of sp³-hybridized carbons (Fsp3) is 0.542. The highest BCUT2D eigenvalue weighted by Gasteiger charge is 2.42. The van der Waals surface area contributed by atoms with Gasteiger partial charge in [0.25, 0.3) is 0 Å². The van der Waals surface area contributed by atoms with Gasteiger partial charge >= 0.3 is 11.9 Å². The van der Waals surface area contributed by atoms with Crippen molar-refractivity contribution in [3.05, 3.63) is 46.2 Å². The van der Waals surface area contributed by atoms with Gasteiger partial charge in [-0.3, -0.25) is 4.79 Å². The molecule has 2 aromatic rings. The maximum atomic E-state index is 11.5. The Morgan fingerprint density at radius 3 is 2.56 bits per heavy atom. The fourth-order valence-electron chi connectivity index (χ4n) is 3.27. The van der Waals surface area contributed by atoms with Crippen LogP contribution in [0.5, 0.6) is 11.5 Å². The average Bonchev–Trinajstić information content (AvgIpc) is 3.34. The molecule has 0 bridgehead atoms. The zero-order chi connectivity index (χ0) is 23.6. The third-order valence-corrected chi connectivity index (χ3v) is 11.6. The normalized spacial score (nSPS) is 19.1. The molecule has 3 rings (SSSR count). The van der Waals surface area contributed by atoms with Gasteiger partial charge in [-0.1, -0.05) is 32.9 Å². The summed E-state index contributed by atoms with van der Waals surface area (Å²) in [6.45, 7) is 11.2. The quantitative estimate of drug-likeness (QED) is 0.362. The number of ether oxygens (including phenoxy) is 3. The van der Waals surface area contributed by atoms with Crippen molar-refractivity contribution in [2.45, 2.75) is 76.7 Å². The lowest BCUT2D eigenvalue weighted by atomic mass is 10.0. The second-order valence-electron chi connectivity index (χ2n) is 9.68. The highest BCUT2D eigenvalue weighted by Crippen LogP contribution is 2.45. The minimum absolute atomic E-state index is 0.00817. The third kappa shape index (κ3) is 5.92. The zero-order valence-electron chi connectivity index (χ0n) is 19.8. The van der Waals surface area contributed by atoms with E-state index in [1.807, 2.05) is 12.1 Å². The Morgan fingerprint density at radius 2 is 1.94 bits per heavy atom. The van der Waals surface area contributed by atoms with Crippen molar-refractivity contribution in [1.82, 2.24) is 0 Å². The number of aliphatic hydroxyl groups is 1. The summed E-state index contributed by atoms with van der Waals surface area (Å²) in [6.07, 6.45) is 1.64. The van der Waals surface area contributed by atoms with Gasteiger partial charge in [0.2, 0.25) is 0 Å². The van der Waals surface area contributed by atoms with Crippen LogP contribution < -0.4 is 9.47 Å². The van der Waals surface area contributed by atoms with E-state index in [9.17, 15) is 9.90 Å². The van der Waals surface area contributed by atoms with Gasteiger partial charge < -0.3 is 23.7 Å². The van der Waals surface area contributed by atoms with Crippen LogP contribution >= 0.6 is 11.3 Å². The number of hydrogen-bond donors (Lipinski definition) is 1. The number of carbonyl (C=O) groups is 1. The van der Waals surface area contributed by atoms with Gasteiger partial charge in [-0.05, 0) is 60.1 Å². The summed E-state index contributed by atoms with van der Waals surface area (Å²) in [5.74, 6) is -1.40. The zero-order valence-corrected chi connectivity index (χ0v) is 21.6. The molecule has 1 aromatic heterocycles. The second-order valence-corrected chi connectivity index (χ2v) is 15.5. The molecule has 0 radical (unpaired) electrons. The summed E-state index contributed by atoms with van der Waals surface area (Å²) >= 11 is 1.75. The lowest BCUT2D eigenvalue weighted by molar-refractivity contribution is -0.254. The van der Waals surface area contributed by atoms with Gasteiger partial charge in [-0.25, -0.2) is 0 Å². The predicted molar refractivity (Wildman–Crippen MR) is 128 cm³/mol. The Bertz CT molecular complexity index is 921. The number of benzene rings is 1. The van der Waals surface area contributed by atoms with Crippen molar-refractivity contribution >= 4 is 25.6 Å². The van der Waals surface area contributed by atoms with Crippen molar-refractivity contribution in [1.29, 1.82) is 0 Å². The van der Waals surface area contributed by atoms with Crippen LogP contribution in [0.2, 0.25) is 18.1 Å². The molecule has 0 aliphatic carbocycles. The molecule has 1 aliphatic rings. The molecule has 2 unspecified atom stereocenters. The molecule has 0 fully saturated rings. The molecule has 6 nitrogen and oxygen atoms in total. The SMILES string of the molecule is COC(=O)CCC1(O)Oc2ccc(C(CCc3cccs3)O[Si](C)(C)C(C)(C)C)cc2O1. The van der Waals surface area contributed by atoms with Crippen molar-refractivity contribution in [3.63, 3.8) is 0 Å². The summed E-state index contributed by atoms with van der Waals surface area (Å²) in [4.78, 5) is 12.8.